The SMILES string of the molecule is Cn1c(=O)c2cc(S(=O)(=O)NC(Cc3ccccc3)C(=O)NC3CCCCCC3)ccc2n(C)c1=O. The number of benzene rings is 2. The minimum absolute atomic E-state index is 0.0211. The van der Waals surface area contributed by atoms with Crippen molar-refractivity contribution in [2.45, 2.75) is 61.9 Å². The molecule has 1 aromatic heterocycles. The van der Waals surface area contributed by atoms with Crippen LogP contribution in [0.3, 0.4) is 0 Å². The highest BCUT2D eigenvalue weighted by molar-refractivity contribution is 7.89. The molecule has 1 fully saturated rings. The van der Waals surface area contributed by atoms with Crippen molar-refractivity contribution in [3.63, 3.8) is 0 Å². The Morgan fingerprint density at radius 3 is 2.31 bits per heavy atom. The smallest absolute Gasteiger partial charge is 0.330 e. The van der Waals surface area contributed by atoms with E-state index in [1.165, 1.54) is 36.9 Å². The van der Waals surface area contributed by atoms with Crippen LogP contribution in [0.15, 0.2) is 63.0 Å². The molecule has 36 heavy (non-hydrogen) atoms. The summed E-state index contributed by atoms with van der Waals surface area (Å²) in [5.41, 5.74) is 0.0639. The molecule has 0 bridgehead atoms. The molecular weight excluding hydrogens is 480 g/mol. The highest BCUT2D eigenvalue weighted by Gasteiger charge is 2.28. The Morgan fingerprint density at radius 1 is 0.972 bits per heavy atom. The number of hydrogen-bond donors (Lipinski definition) is 2. The van der Waals surface area contributed by atoms with Crippen LogP contribution < -0.4 is 21.3 Å². The van der Waals surface area contributed by atoms with Crippen molar-refractivity contribution in [3.8, 4) is 0 Å². The van der Waals surface area contributed by atoms with Gasteiger partial charge in [0.05, 0.1) is 15.8 Å². The van der Waals surface area contributed by atoms with E-state index >= 15 is 0 Å². The Hall–Kier alpha value is -3.24. The summed E-state index contributed by atoms with van der Waals surface area (Å²) >= 11 is 0. The summed E-state index contributed by atoms with van der Waals surface area (Å²) < 4.78 is 31.6. The molecule has 1 aliphatic carbocycles. The molecule has 2 aromatic carbocycles. The van der Waals surface area contributed by atoms with Crippen LogP contribution in [0.25, 0.3) is 10.9 Å². The quantitative estimate of drug-likeness (QED) is 0.469. The second-order valence-corrected chi connectivity index (χ2v) is 11.2. The van der Waals surface area contributed by atoms with Gasteiger partial charge in [-0.25, -0.2) is 13.2 Å². The van der Waals surface area contributed by atoms with Gasteiger partial charge >= 0.3 is 5.69 Å². The van der Waals surface area contributed by atoms with Crippen molar-refractivity contribution < 1.29 is 13.2 Å². The van der Waals surface area contributed by atoms with Gasteiger partial charge in [-0.1, -0.05) is 56.0 Å². The number of amides is 1. The molecule has 2 N–H and O–H groups in total. The standard InChI is InChI=1S/C26H32N4O5S/c1-29-23-15-14-20(17-21(23)25(32)30(2)26(29)33)36(34,35)28-22(16-18-10-6-5-7-11-18)24(31)27-19-12-8-3-4-9-13-19/h5-7,10-11,14-15,17,19,22,28H,3-4,8-9,12-13,16H2,1-2H3,(H,27,31). The van der Waals surface area contributed by atoms with Crippen LogP contribution in [-0.4, -0.2) is 35.5 Å². The Balaban J connectivity index is 1.65. The van der Waals surface area contributed by atoms with E-state index in [-0.39, 0.29) is 28.7 Å². The summed E-state index contributed by atoms with van der Waals surface area (Å²) in [6.45, 7) is 0. The molecule has 9 nitrogen and oxygen atoms in total. The predicted octanol–water partition coefficient (Wildman–Crippen LogP) is 1.97. The monoisotopic (exact) mass is 512 g/mol. The summed E-state index contributed by atoms with van der Waals surface area (Å²) in [6, 6.07) is 12.3. The van der Waals surface area contributed by atoms with E-state index in [1.54, 1.807) is 0 Å². The number of aryl methyl sites for hydroxylation is 1. The number of aromatic nitrogens is 2. The Bertz CT molecular complexity index is 1470. The molecule has 0 spiro atoms. The number of carbonyl (C=O) groups is 1. The van der Waals surface area contributed by atoms with Gasteiger partial charge in [0, 0.05) is 20.1 Å². The van der Waals surface area contributed by atoms with E-state index in [1.807, 2.05) is 30.3 Å². The zero-order chi connectivity index (χ0) is 25.9. The van der Waals surface area contributed by atoms with Gasteiger partial charge in [-0.05, 0) is 43.0 Å². The summed E-state index contributed by atoms with van der Waals surface area (Å²) in [5, 5.41) is 3.16. The lowest BCUT2D eigenvalue weighted by molar-refractivity contribution is -0.123. The highest BCUT2D eigenvalue weighted by Crippen LogP contribution is 2.19. The van der Waals surface area contributed by atoms with Crippen molar-refractivity contribution in [1.29, 1.82) is 0 Å². The minimum atomic E-state index is -4.16. The van der Waals surface area contributed by atoms with Crippen molar-refractivity contribution in [1.82, 2.24) is 19.2 Å². The van der Waals surface area contributed by atoms with Crippen LogP contribution >= 0.6 is 0 Å². The molecule has 1 saturated carbocycles. The molecule has 1 atom stereocenters. The highest BCUT2D eigenvalue weighted by atomic mass is 32.2. The average molecular weight is 513 g/mol. The maximum atomic E-state index is 13.4. The molecule has 0 saturated heterocycles. The molecule has 192 valence electrons. The first-order chi connectivity index (χ1) is 17.2. The number of sulfonamides is 1. The molecule has 1 amide bonds. The number of hydrogen-bond acceptors (Lipinski definition) is 5. The molecule has 3 aromatic rings. The van der Waals surface area contributed by atoms with E-state index in [9.17, 15) is 22.8 Å². The average Bonchev–Trinajstić information content (AvgIpc) is 3.14. The maximum absolute atomic E-state index is 13.4. The third-order valence-corrected chi connectivity index (χ3v) is 8.32. The van der Waals surface area contributed by atoms with E-state index in [0.717, 1.165) is 48.7 Å². The first kappa shape index (κ1) is 25.8. The number of rotatable bonds is 7. The van der Waals surface area contributed by atoms with E-state index in [0.29, 0.717) is 5.52 Å². The second kappa shape index (κ2) is 10.8. The fraction of sp³-hybridized carbons (Fsp3) is 0.423. The lowest BCUT2D eigenvalue weighted by Crippen LogP contribution is -2.50. The second-order valence-electron chi connectivity index (χ2n) is 9.45. The van der Waals surface area contributed by atoms with Crippen molar-refractivity contribution in [2.75, 3.05) is 0 Å². The first-order valence-electron chi connectivity index (χ1n) is 12.2. The number of carbonyl (C=O) groups excluding carboxylic acids is 1. The summed E-state index contributed by atoms with van der Waals surface area (Å²) in [6.07, 6.45) is 6.29. The Morgan fingerprint density at radius 2 is 1.64 bits per heavy atom. The van der Waals surface area contributed by atoms with Gasteiger partial charge in [-0.3, -0.25) is 18.7 Å². The molecule has 0 aliphatic heterocycles. The van der Waals surface area contributed by atoms with Crippen molar-refractivity contribution in [2.24, 2.45) is 14.1 Å². The van der Waals surface area contributed by atoms with Crippen LogP contribution in [0.5, 0.6) is 0 Å². The first-order valence-corrected chi connectivity index (χ1v) is 13.7. The van der Waals surface area contributed by atoms with E-state index < -0.39 is 27.3 Å². The largest absolute Gasteiger partial charge is 0.352 e. The van der Waals surface area contributed by atoms with Crippen LogP contribution in [0, 0.1) is 0 Å². The van der Waals surface area contributed by atoms with Gasteiger partial charge in [0.25, 0.3) is 5.56 Å². The maximum Gasteiger partial charge on any atom is 0.330 e. The fourth-order valence-electron chi connectivity index (χ4n) is 4.76. The van der Waals surface area contributed by atoms with Crippen LogP contribution in [0.4, 0.5) is 0 Å². The lowest BCUT2D eigenvalue weighted by atomic mass is 10.0. The molecule has 10 heteroatoms. The van der Waals surface area contributed by atoms with Gasteiger partial charge < -0.3 is 5.32 Å². The minimum Gasteiger partial charge on any atom is -0.352 e. The van der Waals surface area contributed by atoms with Gasteiger partial charge in [-0.15, -0.1) is 0 Å². The van der Waals surface area contributed by atoms with Crippen LogP contribution in [0.1, 0.15) is 44.1 Å². The fourth-order valence-corrected chi connectivity index (χ4v) is 5.98. The number of fused-ring (bicyclic) bond motifs is 1. The summed E-state index contributed by atoms with van der Waals surface area (Å²) in [5.74, 6) is -0.367. The van der Waals surface area contributed by atoms with Gasteiger partial charge in [-0.2, -0.15) is 4.72 Å². The predicted molar refractivity (Wildman–Crippen MR) is 138 cm³/mol. The third-order valence-electron chi connectivity index (χ3n) is 6.85. The van der Waals surface area contributed by atoms with Crippen LogP contribution in [-0.2, 0) is 35.3 Å². The lowest BCUT2D eigenvalue weighted by Gasteiger charge is -2.23. The molecule has 0 radical (unpaired) electrons. The Labute approximate surface area is 210 Å². The number of nitrogens with one attached hydrogen (secondary N) is 2. The van der Waals surface area contributed by atoms with Crippen LogP contribution in [0.2, 0.25) is 0 Å². The van der Waals surface area contributed by atoms with Crippen molar-refractivity contribution in [3.05, 3.63) is 74.9 Å². The topological polar surface area (TPSA) is 119 Å². The molecule has 1 aliphatic rings. The zero-order valence-electron chi connectivity index (χ0n) is 20.6. The molecule has 1 heterocycles. The van der Waals surface area contributed by atoms with Crippen molar-refractivity contribution >= 4 is 26.8 Å². The summed E-state index contributed by atoms with van der Waals surface area (Å²) in [4.78, 5) is 38.0. The van der Waals surface area contributed by atoms with Gasteiger partial charge in [0.1, 0.15) is 6.04 Å². The third kappa shape index (κ3) is 5.60. The van der Waals surface area contributed by atoms with E-state index in [4.69, 9.17) is 0 Å². The number of nitrogens with zero attached hydrogens (tertiary/aromatic N) is 2. The molecule has 4 rings (SSSR count). The summed E-state index contributed by atoms with van der Waals surface area (Å²) in [7, 11) is -1.30. The van der Waals surface area contributed by atoms with Gasteiger partial charge in [0.15, 0.2) is 0 Å². The Kier molecular flexibility index (Phi) is 7.75. The zero-order valence-corrected chi connectivity index (χ0v) is 21.4. The normalized spacial score (nSPS) is 15.9. The molecular formula is C26H32N4O5S. The van der Waals surface area contributed by atoms with E-state index in [2.05, 4.69) is 10.0 Å². The molecule has 1 unspecified atom stereocenters. The van der Waals surface area contributed by atoms with Gasteiger partial charge in [0.2, 0.25) is 15.9 Å².